The molecule has 0 spiro atoms. The van der Waals surface area contributed by atoms with Gasteiger partial charge in [-0.1, -0.05) is 18.2 Å². The third-order valence-electron chi connectivity index (χ3n) is 2.44. The molecule has 1 aromatic heterocycles. The van der Waals surface area contributed by atoms with Gasteiger partial charge in [0.2, 0.25) is 0 Å². The number of alkyl halides is 3. The van der Waals surface area contributed by atoms with Crippen molar-refractivity contribution in [1.29, 1.82) is 0 Å². The number of nitrogens with zero attached hydrogens (tertiary/aromatic N) is 1. The van der Waals surface area contributed by atoms with Crippen LogP contribution in [0.4, 0.5) is 13.2 Å². The van der Waals surface area contributed by atoms with E-state index in [0.717, 1.165) is 6.07 Å². The second-order valence-electron chi connectivity index (χ2n) is 3.67. The maximum absolute atomic E-state index is 12.8. The second-order valence-corrected chi connectivity index (χ2v) is 3.67. The number of hydrogen-bond acceptors (Lipinski definition) is 2. The van der Waals surface area contributed by atoms with Crippen molar-refractivity contribution in [2.75, 3.05) is 0 Å². The van der Waals surface area contributed by atoms with E-state index in [-0.39, 0.29) is 16.7 Å². The molecular weight excluding hydrogens is 243 g/mol. The highest BCUT2D eigenvalue weighted by Gasteiger charge is 2.33. The first-order valence-corrected chi connectivity index (χ1v) is 5.09. The number of pyridine rings is 1. The molecule has 0 aliphatic carbocycles. The number of aromatic nitrogens is 1. The average Bonchev–Trinajstić information content (AvgIpc) is 2.38. The van der Waals surface area contributed by atoms with Crippen LogP contribution in [0.2, 0.25) is 0 Å². The van der Waals surface area contributed by atoms with E-state index in [0.29, 0.717) is 6.29 Å². The predicted octanol–water partition coefficient (Wildman–Crippen LogP) is 3.58. The van der Waals surface area contributed by atoms with Crippen molar-refractivity contribution < 1.29 is 18.0 Å². The minimum absolute atomic E-state index is 0.0150. The molecule has 2 aromatic rings. The summed E-state index contributed by atoms with van der Waals surface area (Å²) in [5, 5.41) is 0. The molecule has 2 rings (SSSR count). The Kier molecular flexibility index (Phi) is 3.14. The lowest BCUT2D eigenvalue weighted by atomic mass is 10.00. The molecule has 0 atom stereocenters. The molecule has 1 aromatic carbocycles. The van der Waals surface area contributed by atoms with Crippen molar-refractivity contribution in [2.45, 2.75) is 6.18 Å². The third-order valence-corrected chi connectivity index (χ3v) is 2.44. The van der Waals surface area contributed by atoms with Crippen molar-refractivity contribution in [3.05, 3.63) is 53.9 Å². The van der Waals surface area contributed by atoms with Crippen molar-refractivity contribution in [1.82, 2.24) is 4.98 Å². The summed E-state index contributed by atoms with van der Waals surface area (Å²) in [4.78, 5) is 14.4. The number of carbonyl (C=O) groups excluding carboxylic acids is 1. The zero-order valence-corrected chi connectivity index (χ0v) is 9.11. The maximum atomic E-state index is 12.8. The van der Waals surface area contributed by atoms with Crippen LogP contribution in [0, 0.1) is 0 Å². The molecule has 92 valence electrons. The lowest BCUT2D eigenvalue weighted by Gasteiger charge is -2.12. The van der Waals surface area contributed by atoms with Crippen LogP contribution >= 0.6 is 0 Å². The molecule has 0 aliphatic heterocycles. The van der Waals surface area contributed by atoms with Gasteiger partial charge in [-0.05, 0) is 17.7 Å². The summed E-state index contributed by atoms with van der Waals surface area (Å²) in [6.45, 7) is 0. The number of carbonyl (C=O) groups is 1. The van der Waals surface area contributed by atoms with Crippen molar-refractivity contribution >= 4 is 6.29 Å². The Bertz CT molecular complexity index is 578. The number of hydrogen-bond donors (Lipinski definition) is 0. The minimum Gasteiger partial charge on any atom is -0.298 e. The molecular formula is C13H8F3NO. The summed E-state index contributed by atoms with van der Waals surface area (Å²) in [7, 11) is 0. The fourth-order valence-corrected chi connectivity index (χ4v) is 1.65. The van der Waals surface area contributed by atoms with Gasteiger partial charge >= 0.3 is 6.18 Å². The minimum atomic E-state index is -4.44. The summed E-state index contributed by atoms with van der Waals surface area (Å²) in [6.07, 6.45) is -1.29. The summed E-state index contributed by atoms with van der Waals surface area (Å²) >= 11 is 0. The molecule has 0 radical (unpaired) electrons. The van der Waals surface area contributed by atoms with Gasteiger partial charge in [0.15, 0.2) is 6.29 Å². The van der Waals surface area contributed by atoms with Crippen molar-refractivity contribution in [2.24, 2.45) is 0 Å². The Morgan fingerprint density at radius 2 is 1.83 bits per heavy atom. The fourth-order valence-electron chi connectivity index (χ4n) is 1.65. The zero-order chi connectivity index (χ0) is 13.2. The van der Waals surface area contributed by atoms with E-state index in [1.807, 2.05) is 0 Å². The quantitative estimate of drug-likeness (QED) is 0.763. The van der Waals surface area contributed by atoms with Crippen LogP contribution in [0.5, 0.6) is 0 Å². The van der Waals surface area contributed by atoms with E-state index in [1.54, 1.807) is 0 Å². The summed E-state index contributed by atoms with van der Waals surface area (Å²) in [6, 6.07) is 6.57. The summed E-state index contributed by atoms with van der Waals surface area (Å²) in [5.41, 5.74) is -0.215. The number of benzene rings is 1. The lowest BCUT2D eigenvalue weighted by molar-refractivity contribution is -0.137. The van der Waals surface area contributed by atoms with E-state index < -0.39 is 11.7 Å². The highest BCUT2D eigenvalue weighted by atomic mass is 19.4. The first kappa shape index (κ1) is 12.3. The maximum Gasteiger partial charge on any atom is 0.417 e. The van der Waals surface area contributed by atoms with Gasteiger partial charge in [0.25, 0.3) is 0 Å². The standard InChI is InChI=1S/C13H8F3NO/c14-13(15,16)12-4-2-1-3-11(12)10-5-9(8-18)6-17-7-10/h1-8H. The molecule has 18 heavy (non-hydrogen) atoms. The van der Waals surface area contributed by atoms with Crippen molar-refractivity contribution in [3.8, 4) is 11.1 Å². The molecule has 0 saturated carbocycles. The Hall–Kier alpha value is -2.17. The molecule has 0 fully saturated rings. The number of rotatable bonds is 2. The zero-order valence-electron chi connectivity index (χ0n) is 9.11. The van der Waals surface area contributed by atoms with Crippen LogP contribution in [0.3, 0.4) is 0 Å². The van der Waals surface area contributed by atoms with Gasteiger partial charge in [-0.2, -0.15) is 13.2 Å². The molecule has 0 unspecified atom stereocenters. The first-order valence-electron chi connectivity index (χ1n) is 5.09. The largest absolute Gasteiger partial charge is 0.417 e. The normalized spacial score (nSPS) is 11.3. The smallest absolute Gasteiger partial charge is 0.298 e. The Balaban J connectivity index is 2.60. The molecule has 1 heterocycles. The van der Waals surface area contributed by atoms with E-state index in [4.69, 9.17) is 0 Å². The van der Waals surface area contributed by atoms with Gasteiger partial charge in [0.1, 0.15) is 0 Å². The lowest BCUT2D eigenvalue weighted by Crippen LogP contribution is -2.07. The van der Waals surface area contributed by atoms with Gasteiger partial charge in [-0.15, -0.1) is 0 Å². The first-order chi connectivity index (χ1) is 8.52. The van der Waals surface area contributed by atoms with E-state index in [2.05, 4.69) is 4.98 Å². The van der Waals surface area contributed by atoms with Crippen LogP contribution in [0.1, 0.15) is 15.9 Å². The summed E-state index contributed by atoms with van der Waals surface area (Å²) in [5.74, 6) is 0. The molecule has 2 nitrogen and oxygen atoms in total. The van der Waals surface area contributed by atoms with Gasteiger partial charge in [0, 0.05) is 23.5 Å². The van der Waals surface area contributed by atoms with Crippen LogP contribution < -0.4 is 0 Å². The Morgan fingerprint density at radius 3 is 2.50 bits per heavy atom. The second kappa shape index (κ2) is 4.60. The highest BCUT2D eigenvalue weighted by molar-refractivity contribution is 5.78. The van der Waals surface area contributed by atoms with Gasteiger partial charge in [-0.25, -0.2) is 0 Å². The van der Waals surface area contributed by atoms with Crippen LogP contribution in [-0.4, -0.2) is 11.3 Å². The Morgan fingerprint density at radius 1 is 1.11 bits per heavy atom. The SMILES string of the molecule is O=Cc1cncc(-c2ccccc2C(F)(F)F)c1. The Labute approximate surface area is 101 Å². The molecule has 0 bridgehead atoms. The van der Waals surface area contributed by atoms with Crippen LogP contribution in [0.15, 0.2) is 42.7 Å². The highest BCUT2D eigenvalue weighted by Crippen LogP contribution is 2.36. The van der Waals surface area contributed by atoms with Gasteiger partial charge in [0.05, 0.1) is 5.56 Å². The fraction of sp³-hybridized carbons (Fsp3) is 0.0769. The van der Waals surface area contributed by atoms with E-state index in [1.165, 1.54) is 36.7 Å². The molecule has 5 heteroatoms. The summed E-state index contributed by atoms with van der Waals surface area (Å²) < 4.78 is 38.5. The average molecular weight is 251 g/mol. The third kappa shape index (κ3) is 2.40. The molecule has 0 aliphatic rings. The molecule has 0 amide bonds. The monoisotopic (exact) mass is 251 g/mol. The van der Waals surface area contributed by atoms with Crippen molar-refractivity contribution in [3.63, 3.8) is 0 Å². The van der Waals surface area contributed by atoms with Crippen LogP contribution in [0.25, 0.3) is 11.1 Å². The number of halogens is 3. The van der Waals surface area contributed by atoms with Gasteiger partial charge < -0.3 is 0 Å². The van der Waals surface area contributed by atoms with Gasteiger partial charge in [-0.3, -0.25) is 9.78 Å². The topological polar surface area (TPSA) is 30.0 Å². The number of aldehydes is 1. The molecule has 0 saturated heterocycles. The van der Waals surface area contributed by atoms with Crippen LogP contribution in [-0.2, 0) is 6.18 Å². The van der Waals surface area contributed by atoms with E-state index >= 15 is 0 Å². The molecule has 0 N–H and O–H groups in total. The predicted molar refractivity (Wildman–Crippen MR) is 60.1 cm³/mol. The van der Waals surface area contributed by atoms with E-state index in [9.17, 15) is 18.0 Å².